The lowest BCUT2D eigenvalue weighted by Crippen LogP contribution is -2.08. The zero-order valence-corrected chi connectivity index (χ0v) is 14.3. The molecular weight excluding hydrogens is 334 g/mol. The molecule has 0 atom stereocenters. The van der Waals surface area contributed by atoms with Crippen LogP contribution in [0.25, 0.3) is 0 Å². The molecule has 0 aliphatic carbocycles. The molecule has 128 valence electrons. The molecule has 7 nitrogen and oxygen atoms in total. The van der Waals surface area contributed by atoms with Gasteiger partial charge in [-0.05, 0) is 25.1 Å². The smallest absolute Gasteiger partial charge is 0.367 e. The number of thiazole rings is 1. The second-order valence-electron chi connectivity index (χ2n) is 4.51. The first-order valence-electron chi connectivity index (χ1n) is 7.09. The lowest BCUT2D eigenvalue weighted by Gasteiger charge is -2.09. The first-order valence-corrected chi connectivity index (χ1v) is 7.97. The SMILES string of the molecule is CCOC(=O)c1nc(COC(=O)c2cc(OC)ccc2OC)cs1. The molecule has 0 aliphatic heterocycles. The fraction of sp³-hybridized carbons (Fsp3) is 0.312. The van der Waals surface area contributed by atoms with Gasteiger partial charge >= 0.3 is 11.9 Å². The lowest BCUT2D eigenvalue weighted by atomic mass is 10.2. The monoisotopic (exact) mass is 351 g/mol. The predicted octanol–water partition coefficient (Wildman–Crippen LogP) is 2.69. The number of carbonyl (C=O) groups excluding carboxylic acids is 2. The average molecular weight is 351 g/mol. The van der Waals surface area contributed by atoms with Crippen molar-refractivity contribution in [2.24, 2.45) is 0 Å². The Morgan fingerprint density at radius 1 is 1.12 bits per heavy atom. The Morgan fingerprint density at radius 3 is 2.58 bits per heavy atom. The van der Waals surface area contributed by atoms with Crippen molar-refractivity contribution in [1.82, 2.24) is 4.98 Å². The van der Waals surface area contributed by atoms with Gasteiger partial charge in [-0.25, -0.2) is 14.6 Å². The minimum atomic E-state index is -0.573. The van der Waals surface area contributed by atoms with Crippen molar-refractivity contribution in [3.05, 3.63) is 39.8 Å². The molecule has 0 radical (unpaired) electrons. The van der Waals surface area contributed by atoms with Gasteiger partial charge in [0.25, 0.3) is 0 Å². The highest BCUT2D eigenvalue weighted by molar-refractivity contribution is 7.11. The van der Waals surface area contributed by atoms with Crippen molar-refractivity contribution >= 4 is 23.3 Å². The highest BCUT2D eigenvalue weighted by atomic mass is 32.1. The largest absolute Gasteiger partial charge is 0.497 e. The fourth-order valence-corrected chi connectivity index (χ4v) is 2.54. The van der Waals surface area contributed by atoms with E-state index in [9.17, 15) is 9.59 Å². The maximum Gasteiger partial charge on any atom is 0.367 e. The van der Waals surface area contributed by atoms with E-state index in [1.165, 1.54) is 20.3 Å². The van der Waals surface area contributed by atoms with Gasteiger partial charge < -0.3 is 18.9 Å². The molecule has 0 saturated heterocycles. The zero-order valence-electron chi connectivity index (χ0n) is 13.5. The molecule has 8 heteroatoms. The Bertz CT molecular complexity index is 727. The molecule has 0 amide bonds. The summed E-state index contributed by atoms with van der Waals surface area (Å²) in [5.41, 5.74) is 0.718. The molecule has 0 saturated carbocycles. The van der Waals surface area contributed by atoms with Crippen molar-refractivity contribution in [3.8, 4) is 11.5 Å². The van der Waals surface area contributed by atoms with Crippen molar-refractivity contribution in [2.75, 3.05) is 20.8 Å². The van der Waals surface area contributed by atoms with E-state index in [0.29, 0.717) is 17.2 Å². The summed E-state index contributed by atoms with van der Waals surface area (Å²) in [6.45, 7) is 1.93. The number of ether oxygens (including phenoxy) is 4. The second-order valence-corrected chi connectivity index (χ2v) is 5.36. The maximum atomic E-state index is 12.2. The molecule has 1 heterocycles. The number of methoxy groups -OCH3 is 2. The maximum absolute atomic E-state index is 12.2. The fourth-order valence-electron chi connectivity index (χ4n) is 1.85. The predicted molar refractivity (Wildman–Crippen MR) is 86.7 cm³/mol. The van der Waals surface area contributed by atoms with Crippen LogP contribution in [0.3, 0.4) is 0 Å². The van der Waals surface area contributed by atoms with Gasteiger partial charge in [-0.15, -0.1) is 11.3 Å². The number of aromatic nitrogens is 1. The third kappa shape index (κ3) is 4.23. The molecular formula is C16H17NO6S. The summed E-state index contributed by atoms with van der Waals surface area (Å²) in [6.07, 6.45) is 0. The van der Waals surface area contributed by atoms with Crippen LogP contribution in [0.15, 0.2) is 23.6 Å². The summed E-state index contributed by atoms with van der Waals surface area (Å²) >= 11 is 1.14. The van der Waals surface area contributed by atoms with Crippen molar-refractivity contribution < 1.29 is 28.5 Å². The summed E-state index contributed by atoms with van der Waals surface area (Å²) < 4.78 is 20.3. The number of carbonyl (C=O) groups is 2. The van der Waals surface area contributed by atoms with Gasteiger partial charge in [0, 0.05) is 5.38 Å². The quantitative estimate of drug-likeness (QED) is 0.709. The number of rotatable bonds is 7. The first-order chi connectivity index (χ1) is 11.6. The summed E-state index contributed by atoms with van der Waals surface area (Å²) in [4.78, 5) is 27.9. The molecule has 1 aromatic carbocycles. The Morgan fingerprint density at radius 2 is 1.92 bits per heavy atom. The molecule has 1 aromatic heterocycles. The van der Waals surface area contributed by atoms with E-state index >= 15 is 0 Å². The van der Waals surface area contributed by atoms with Crippen LogP contribution in [0.5, 0.6) is 11.5 Å². The molecule has 0 N–H and O–H groups in total. The van der Waals surface area contributed by atoms with Crippen LogP contribution in [0.4, 0.5) is 0 Å². The summed E-state index contributed by atoms with van der Waals surface area (Å²) in [5, 5.41) is 1.87. The first kappa shape index (κ1) is 17.7. The van der Waals surface area contributed by atoms with E-state index in [1.54, 1.807) is 24.4 Å². The van der Waals surface area contributed by atoms with E-state index in [0.717, 1.165) is 11.3 Å². The van der Waals surface area contributed by atoms with E-state index in [4.69, 9.17) is 18.9 Å². The van der Waals surface area contributed by atoms with Crippen molar-refractivity contribution in [1.29, 1.82) is 0 Å². The van der Waals surface area contributed by atoms with Crippen LogP contribution in [-0.2, 0) is 16.1 Å². The average Bonchev–Trinajstić information content (AvgIpc) is 3.08. The topological polar surface area (TPSA) is 84.0 Å². The van der Waals surface area contributed by atoms with Crippen LogP contribution in [0.1, 0.15) is 32.8 Å². The normalized spacial score (nSPS) is 10.1. The Labute approximate surface area is 143 Å². The lowest BCUT2D eigenvalue weighted by molar-refractivity contribution is 0.0464. The van der Waals surface area contributed by atoms with Gasteiger partial charge in [0.15, 0.2) is 0 Å². The third-order valence-electron chi connectivity index (χ3n) is 2.98. The van der Waals surface area contributed by atoms with E-state index in [2.05, 4.69) is 4.98 Å². The molecule has 2 rings (SSSR count). The second kappa shape index (κ2) is 8.30. The van der Waals surface area contributed by atoms with Crippen LogP contribution in [0, 0.1) is 0 Å². The van der Waals surface area contributed by atoms with Crippen molar-refractivity contribution in [2.45, 2.75) is 13.5 Å². The van der Waals surface area contributed by atoms with Crippen LogP contribution in [-0.4, -0.2) is 37.7 Å². The molecule has 0 spiro atoms. The molecule has 0 bridgehead atoms. The number of esters is 2. The van der Waals surface area contributed by atoms with Crippen LogP contribution in [0.2, 0.25) is 0 Å². The molecule has 2 aromatic rings. The molecule has 0 fully saturated rings. The number of nitrogens with zero attached hydrogens (tertiary/aromatic N) is 1. The molecule has 0 aliphatic rings. The van der Waals surface area contributed by atoms with Gasteiger partial charge in [0.2, 0.25) is 5.01 Å². The zero-order chi connectivity index (χ0) is 17.5. The van der Waals surface area contributed by atoms with E-state index < -0.39 is 11.9 Å². The highest BCUT2D eigenvalue weighted by Crippen LogP contribution is 2.25. The minimum Gasteiger partial charge on any atom is -0.497 e. The van der Waals surface area contributed by atoms with Gasteiger partial charge in [-0.1, -0.05) is 0 Å². The van der Waals surface area contributed by atoms with Gasteiger partial charge in [-0.3, -0.25) is 0 Å². The van der Waals surface area contributed by atoms with Gasteiger partial charge in [-0.2, -0.15) is 0 Å². The summed E-state index contributed by atoms with van der Waals surface area (Å²) in [5.74, 6) is -0.168. The minimum absolute atomic E-state index is 0.0604. The molecule has 24 heavy (non-hydrogen) atoms. The molecule has 0 unspecified atom stereocenters. The van der Waals surface area contributed by atoms with Crippen LogP contribution < -0.4 is 9.47 Å². The standard InChI is InChI=1S/C16H17NO6S/c1-4-22-16(19)14-17-10(9-24-14)8-23-15(18)12-7-11(20-2)5-6-13(12)21-3/h5-7,9H,4,8H2,1-3H3. The summed E-state index contributed by atoms with van der Waals surface area (Å²) in [6, 6.07) is 4.84. The Kier molecular flexibility index (Phi) is 6.14. The third-order valence-corrected chi connectivity index (χ3v) is 3.85. The van der Waals surface area contributed by atoms with Gasteiger partial charge in [0.05, 0.1) is 26.5 Å². The number of benzene rings is 1. The highest BCUT2D eigenvalue weighted by Gasteiger charge is 2.17. The number of hydrogen-bond acceptors (Lipinski definition) is 8. The summed E-state index contributed by atoms with van der Waals surface area (Å²) in [7, 11) is 2.97. The Balaban J connectivity index is 2.04. The Hall–Kier alpha value is -2.61. The van der Waals surface area contributed by atoms with Crippen molar-refractivity contribution in [3.63, 3.8) is 0 Å². The van der Waals surface area contributed by atoms with E-state index in [-0.39, 0.29) is 23.8 Å². The van der Waals surface area contributed by atoms with Gasteiger partial charge in [0.1, 0.15) is 23.7 Å². The number of hydrogen-bond donors (Lipinski definition) is 0. The van der Waals surface area contributed by atoms with Crippen LogP contribution >= 0.6 is 11.3 Å². The van der Waals surface area contributed by atoms with E-state index in [1.807, 2.05) is 0 Å².